The molecule has 6 heteroatoms. The van der Waals surface area contributed by atoms with Crippen molar-refractivity contribution >= 4 is 18.0 Å². The first-order valence-electron chi connectivity index (χ1n) is 11.3. The summed E-state index contributed by atoms with van der Waals surface area (Å²) in [5.74, 6) is 2.94. The second kappa shape index (κ2) is 8.93. The number of carbonyl (C=O) groups excluding carboxylic acids is 2. The van der Waals surface area contributed by atoms with Gasteiger partial charge in [0.15, 0.2) is 18.1 Å². The minimum atomic E-state index is -0.549. The molecule has 1 N–H and O–H groups in total. The number of hydrogen-bond acceptors (Lipinski definition) is 5. The van der Waals surface area contributed by atoms with E-state index in [2.05, 4.69) is 12.2 Å². The van der Waals surface area contributed by atoms with Crippen LogP contribution in [0.1, 0.15) is 51.0 Å². The van der Waals surface area contributed by atoms with E-state index in [0.717, 1.165) is 23.3 Å². The van der Waals surface area contributed by atoms with E-state index in [4.69, 9.17) is 14.2 Å². The van der Waals surface area contributed by atoms with Gasteiger partial charge in [-0.1, -0.05) is 6.07 Å². The van der Waals surface area contributed by atoms with Crippen LogP contribution in [0.25, 0.3) is 6.08 Å². The predicted octanol–water partition coefficient (Wildman–Crippen LogP) is 3.98. The van der Waals surface area contributed by atoms with Crippen LogP contribution >= 0.6 is 0 Å². The molecule has 4 aliphatic rings. The number of ether oxygens (including phenoxy) is 3. The molecule has 0 aromatic heterocycles. The highest BCUT2D eigenvalue weighted by molar-refractivity contribution is 5.89. The highest BCUT2D eigenvalue weighted by atomic mass is 16.5. The fourth-order valence-corrected chi connectivity index (χ4v) is 6.45. The van der Waals surface area contributed by atoms with Crippen LogP contribution in [-0.4, -0.2) is 38.7 Å². The predicted molar refractivity (Wildman–Crippen MR) is 118 cm³/mol. The highest BCUT2D eigenvalue weighted by Gasteiger charge is 2.53. The third-order valence-corrected chi connectivity index (χ3v) is 7.55. The molecule has 0 unspecified atom stereocenters. The Bertz CT molecular complexity index is 826. The summed E-state index contributed by atoms with van der Waals surface area (Å²) in [6.45, 7) is 1.87. The second-order valence-electron chi connectivity index (χ2n) is 9.62. The summed E-state index contributed by atoms with van der Waals surface area (Å²) < 4.78 is 15.6. The van der Waals surface area contributed by atoms with E-state index in [1.807, 2.05) is 6.07 Å². The lowest BCUT2D eigenvalue weighted by atomic mass is 9.48. The molecule has 4 aliphatic carbocycles. The molecule has 1 aromatic rings. The molecule has 0 heterocycles. The molecule has 31 heavy (non-hydrogen) atoms. The molecule has 0 spiro atoms. The van der Waals surface area contributed by atoms with E-state index >= 15 is 0 Å². The summed E-state index contributed by atoms with van der Waals surface area (Å²) in [4.78, 5) is 24.5. The molecule has 0 radical (unpaired) electrons. The van der Waals surface area contributed by atoms with Crippen LogP contribution < -0.4 is 14.8 Å². The van der Waals surface area contributed by atoms with Crippen molar-refractivity contribution in [2.75, 3.05) is 20.8 Å². The first-order valence-corrected chi connectivity index (χ1v) is 11.3. The van der Waals surface area contributed by atoms with Crippen LogP contribution in [0.15, 0.2) is 24.3 Å². The average Bonchev–Trinajstić information content (AvgIpc) is 2.75. The van der Waals surface area contributed by atoms with Gasteiger partial charge < -0.3 is 19.5 Å². The van der Waals surface area contributed by atoms with Gasteiger partial charge in [0.2, 0.25) is 0 Å². The van der Waals surface area contributed by atoms with Crippen LogP contribution in [-0.2, 0) is 14.3 Å². The first kappa shape index (κ1) is 21.7. The van der Waals surface area contributed by atoms with E-state index in [9.17, 15) is 9.59 Å². The second-order valence-corrected chi connectivity index (χ2v) is 9.62. The number of rotatable bonds is 8. The minimum Gasteiger partial charge on any atom is -0.493 e. The van der Waals surface area contributed by atoms with Crippen LogP contribution in [0.5, 0.6) is 11.5 Å². The Kier molecular flexibility index (Phi) is 6.26. The van der Waals surface area contributed by atoms with Gasteiger partial charge in [0.1, 0.15) is 0 Å². The van der Waals surface area contributed by atoms with Gasteiger partial charge >= 0.3 is 5.97 Å². The molecule has 4 saturated carbocycles. The van der Waals surface area contributed by atoms with Gasteiger partial charge in [-0.2, -0.15) is 0 Å². The summed E-state index contributed by atoms with van der Waals surface area (Å²) in [5.41, 5.74) is 1.01. The summed E-state index contributed by atoms with van der Waals surface area (Å²) in [6, 6.07) is 5.46. The molecule has 168 valence electrons. The lowest BCUT2D eigenvalue weighted by Gasteiger charge is -2.59. The molecule has 1 atom stereocenters. The molecule has 4 fully saturated rings. The van der Waals surface area contributed by atoms with Crippen molar-refractivity contribution in [1.82, 2.24) is 5.32 Å². The van der Waals surface area contributed by atoms with Crippen LogP contribution in [0.4, 0.5) is 0 Å². The summed E-state index contributed by atoms with van der Waals surface area (Å²) in [7, 11) is 3.13. The Morgan fingerprint density at radius 1 is 1.06 bits per heavy atom. The number of carbonyl (C=O) groups is 2. The summed E-state index contributed by atoms with van der Waals surface area (Å²) in [6.07, 6.45) is 10.8. The number of benzene rings is 1. The van der Waals surface area contributed by atoms with Crippen LogP contribution in [0, 0.1) is 23.2 Å². The van der Waals surface area contributed by atoms with E-state index in [0.29, 0.717) is 11.5 Å². The van der Waals surface area contributed by atoms with E-state index in [1.165, 1.54) is 44.6 Å². The molecule has 1 aromatic carbocycles. The number of nitrogens with one attached hydrogen (secondary N) is 1. The van der Waals surface area contributed by atoms with Crippen molar-refractivity contribution in [2.24, 2.45) is 23.2 Å². The Morgan fingerprint density at radius 2 is 1.68 bits per heavy atom. The highest BCUT2D eigenvalue weighted by Crippen LogP contribution is 2.61. The Morgan fingerprint density at radius 3 is 2.26 bits per heavy atom. The lowest BCUT2D eigenvalue weighted by Crippen LogP contribution is -2.56. The van der Waals surface area contributed by atoms with Crippen molar-refractivity contribution in [3.05, 3.63) is 29.8 Å². The largest absolute Gasteiger partial charge is 0.493 e. The zero-order valence-corrected chi connectivity index (χ0v) is 18.7. The van der Waals surface area contributed by atoms with Crippen molar-refractivity contribution in [2.45, 2.75) is 51.5 Å². The number of hydrogen-bond donors (Lipinski definition) is 1. The summed E-state index contributed by atoms with van der Waals surface area (Å²) >= 11 is 0. The van der Waals surface area contributed by atoms with E-state index in [1.54, 1.807) is 32.4 Å². The van der Waals surface area contributed by atoms with Gasteiger partial charge in [-0.25, -0.2) is 4.79 Å². The molecular formula is C25H33NO5. The standard InChI is InChI=1S/C25H33NO5/c1-16(25-12-18-8-19(13-25)10-20(9-18)14-25)26-23(27)15-31-24(28)7-5-17-4-6-21(29-2)22(11-17)30-3/h4-7,11,16,18-20H,8-10,12-15H2,1-3H3,(H,26,27)/b7-5+/t16-,18?,19?,20?,25?/m0/s1. The van der Waals surface area contributed by atoms with Crippen molar-refractivity contribution in [3.63, 3.8) is 0 Å². The molecule has 6 nitrogen and oxygen atoms in total. The van der Waals surface area contributed by atoms with Crippen LogP contribution in [0.3, 0.4) is 0 Å². The quantitative estimate of drug-likeness (QED) is 0.502. The molecule has 0 aliphatic heterocycles. The summed E-state index contributed by atoms with van der Waals surface area (Å²) in [5, 5.41) is 3.12. The fraction of sp³-hybridized carbons (Fsp3) is 0.600. The molecule has 4 bridgehead atoms. The fourth-order valence-electron chi connectivity index (χ4n) is 6.45. The van der Waals surface area contributed by atoms with Crippen molar-refractivity contribution in [1.29, 1.82) is 0 Å². The Labute approximate surface area is 184 Å². The van der Waals surface area contributed by atoms with E-state index in [-0.39, 0.29) is 24.0 Å². The zero-order valence-electron chi connectivity index (χ0n) is 18.7. The monoisotopic (exact) mass is 427 g/mol. The maximum atomic E-state index is 12.4. The molecule has 0 saturated heterocycles. The SMILES string of the molecule is COc1ccc(/C=C/C(=O)OCC(=O)N[C@@H](C)C23CC4CC(CC(C4)C2)C3)cc1OC. The van der Waals surface area contributed by atoms with Gasteiger partial charge in [-0.15, -0.1) is 0 Å². The maximum absolute atomic E-state index is 12.4. The molecule has 5 rings (SSSR count). The molecule has 1 amide bonds. The third-order valence-electron chi connectivity index (χ3n) is 7.55. The minimum absolute atomic E-state index is 0.120. The lowest BCUT2D eigenvalue weighted by molar-refractivity contribution is -0.145. The normalized spacial score (nSPS) is 29.6. The van der Waals surface area contributed by atoms with Crippen LogP contribution in [0.2, 0.25) is 0 Å². The average molecular weight is 428 g/mol. The van der Waals surface area contributed by atoms with Crippen molar-refractivity contribution < 1.29 is 23.8 Å². The van der Waals surface area contributed by atoms with Gasteiger partial charge in [-0.3, -0.25) is 4.79 Å². The van der Waals surface area contributed by atoms with Gasteiger partial charge in [0, 0.05) is 12.1 Å². The Hall–Kier alpha value is -2.50. The Balaban J connectivity index is 1.26. The first-order chi connectivity index (χ1) is 14.9. The van der Waals surface area contributed by atoms with Gasteiger partial charge in [0.05, 0.1) is 14.2 Å². The molecular weight excluding hydrogens is 394 g/mol. The van der Waals surface area contributed by atoms with E-state index < -0.39 is 5.97 Å². The zero-order chi connectivity index (χ0) is 22.0. The van der Waals surface area contributed by atoms with Crippen molar-refractivity contribution in [3.8, 4) is 11.5 Å². The maximum Gasteiger partial charge on any atom is 0.331 e. The smallest absolute Gasteiger partial charge is 0.331 e. The number of methoxy groups -OCH3 is 2. The third kappa shape index (κ3) is 4.73. The number of esters is 1. The topological polar surface area (TPSA) is 73.9 Å². The van der Waals surface area contributed by atoms with Gasteiger partial charge in [0.25, 0.3) is 5.91 Å². The van der Waals surface area contributed by atoms with Gasteiger partial charge in [-0.05, 0) is 92.4 Å². The number of amides is 1.